The van der Waals surface area contributed by atoms with E-state index in [-0.39, 0.29) is 0 Å². The van der Waals surface area contributed by atoms with Gasteiger partial charge >= 0.3 is 0 Å². The molecule has 1 heterocycles. The molecule has 1 aromatic heterocycles. The summed E-state index contributed by atoms with van der Waals surface area (Å²) in [7, 11) is 0. The number of rotatable bonds is 4. The van der Waals surface area contributed by atoms with Crippen LogP contribution in [0.4, 0.5) is 0 Å². The summed E-state index contributed by atoms with van der Waals surface area (Å²) in [6.07, 6.45) is 4.32. The number of hydrogen-bond donors (Lipinski definition) is 1. The molecule has 0 aliphatic rings. The van der Waals surface area contributed by atoms with Crippen molar-refractivity contribution in [3.8, 4) is 11.5 Å². The molecular weight excluding hydrogens is 328 g/mol. The van der Waals surface area contributed by atoms with Crippen LogP contribution >= 0.6 is 15.9 Å². The Morgan fingerprint density at radius 3 is 2.81 bits per heavy atom. The molecule has 0 amide bonds. The van der Waals surface area contributed by atoms with E-state index in [9.17, 15) is 0 Å². The van der Waals surface area contributed by atoms with Gasteiger partial charge in [0.25, 0.3) is 0 Å². The first-order chi connectivity index (χ1) is 10.3. The van der Waals surface area contributed by atoms with Crippen LogP contribution in [0, 0.1) is 0 Å². The van der Waals surface area contributed by atoms with Crippen molar-refractivity contribution in [3.05, 3.63) is 64.9 Å². The normalized spacial score (nSPS) is 10.8. The number of hydrogen-bond acceptors (Lipinski definition) is 3. The van der Waals surface area contributed by atoms with Crippen LogP contribution < -0.4 is 10.5 Å². The molecule has 106 valence electrons. The summed E-state index contributed by atoms with van der Waals surface area (Å²) in [6, 6.07) is 14.2. The minimum atomic E-state index is 0.602. The van der Waals surface area contributed by atoms with Crippen molar-refractivity contribution in [2.75, 3.05) is 6.54 Å². The Morgan fingerprint density at radius 2 is 1.95 bits per heavy atom. The molecule has 0 unspecified atom stereocenters. The minimum absolute atomic E-state index is 0.602. The summed E-state index contributed by atoms with van der Waals surface area (Å²) in [6.45, 7) is 0.602. The summed E-state index contributed by atoms with van der Waals surface area (Å²) in [4.78, 5) is 4.20. The van der Waals surface area contributed by atoms with Crippen molar-refractivity contribution < 1.29 is 4.74 Å². The predicted octanol–water partition coefficient (Wildman–Crippen LogP) is 4.29. The fourth-order valence-electron chi connectivity index (χ4n) is 2.24. The third-order valence-electron chi connectivity index (χ3n) is 3.26. The molecule has 21 heavy (non-hydrogen) atoms. The quantitative estimate of drug-likeness (QED) is 0.769. The SMILES string of the molecule is NCCc1cncc(Oc2ccc3ccccc3c2Br)c1. The Labute approximate surface area is 131 Å². The lowest BCUT2D eigenvalue weighted by Gasteiger charge is -2.10. The molecule has 0 aliphatic carbocycles. The molecule has 0 aliphatic heterocycles. The van der Waals surface area contributed by atoms with Gasteiger partial charge in [-0.05, 0) is 57.4 Å². The van der Waals surface area contributed by atoms with Gasteiger partial charge < -0.3 is 10.5 Å². The fourth-order valence-corrected chi connectivity index (χ4v) is 2.82. The summed E-state index contributed by atoms with van der Waals surface area (Å²) in [5.74, 6) is 1.50. The molecule has 0 saturated heterocycles. The first kappa shape index (κ1) is 14.0. The molecular formula is C17H15BrN2O. The van der Waals surface area contributed by atoms with Gasteiger partial charge in [0.05, 0.1) is 10.7 Å². The number of halogens is 1. The Balaban J connectivity index is 1.94. The van der Waals surface area contributed by atoms with Crippen LogP contribution in [0.3, 0.4) is 0 Å². The predicted molar refractivity (Wildman–Crippen MR) is 88.7 cm³/mol. The molecule has 0 bridgehead atoms. The van der Waals surface area contributed by atoms with Gasteiger partial charge in [-0.3, -0.25) is 4.98 Å². The molecule has 3 nitrogen and oxygen atoms in total. The van der Waals surface area contributed by atoms with Crippen LogP contribution in [0.1, 0.15) is 5.56 Å². The van der Waals surface area contributed by atoms with E-state index in [1.165, 1.54) is 5.39 Å². The van der Waals surface area contributed by atoms with Gasteiger partial charge in [-0.25, -0.2) is 0 Å². The standard InChI is InChI=1S/C17H15BrN2O/c18-17-15-4-2-1-3-13(15)5-6-16(17)21-14-9-12(7-8-19)10-20-11-14/h1-6,9-11H,7-8,19H2. The molecule has 2 N–H and O–H groups in total. The molecule has 0 atom stereocenters. The zero-order valence-electron chi connectivity index (χ0n) is 11.4. The van der Waals surface area contributed by atoms with E-state index in [1.807, 2.05) is 36.5 Å². The van der Waals surface area contributed by atoms with Crippen LogP contribution in [-0.2, 0) is 6.42 Å². The summed E-state index contributed by atoms with van der Waals surface area (Å²) >= 11 is 3.62. The van der Waals surface area contributed by atoms with Crippen molar-refractivity contribution in [3.63, 3.8) is 0 Å². The maximum Gasteiger partial charge on any atom is 0.146 e. The van der Waals surface area contributed by atoms with Crippen molar-refractivity contribution >= 4 is 26.7 Å². The summed E-state index contributed by atoms with van der Waals surface area (Å²) in [5.41, 5.74) is 6.65. The maximum absolute atomic E-state index is 5.95. The van der Waals surface area contributed by atoms with Crippen molar-refractivity contribution in [1.29, 1.82) is 0 Å². The Morgan fingerprint density at radius 1 is 1.10 bits per heavy atom. The third-order valence-corrected chi connectivity index (χ3v) is 4.08. The molecule has 0 saturated carbocycles. The zero-order chi connectivity index (χ0) is 14.7. The molecule has 2 aromatic carbocycles. The van der Waals surface area contributed by atoms with Gasteiger partial charge in [0, 0.05) is 6.20 Å². The van der Waals surface area contributed by atoms with Gasteiger partial charge in [0.2, 0.25) is 0 Å². The molecule has 3 aromatic rings. The highest BCUT2D eigenvalue weighted by Gasteiger charge is 2.07. The first-order valence-corrected chi connectivity index (χ1v) is 7.56. The second kappa shape index (κ2) is 6.24. The lowest BCUT2D eigenvalue weighted by molar-refractivity contribution is 0.477. The van der Waals surface area contributed by atoms with E-state index in [4.69, 9.17) is 10.5 Å². The Hall–Kier alpha value is -1.91. The highest BCUT2D eigenvalue weighted by atomic mass is 79.9. The fraction of sp³-hybridized carbons (Fsp3) is 0.118. The lowest BCUT2D eigenvalue weighted by Crippen LogP contribution is -2.03. The van der Waals surface area contributed by atoms with Crippen molar-refractivity contribution in [1.82, 2.24) is 4.98 Å². The number of aromatic nitrogens is 1. The minimum Gasteiger partial charge on any atom is -0.455 e. The summed E-state index contributed by atoms with van der Waals surface area (Å²) < 4.78 is 6.90. The average Bonchev–Trinajstić information content (AvgIpc) is 2.51. The van der Waals surface area contributed by atoms with E-state index in [2.05, 4.69) is 33.0 Å². The van der Waals surface area contributed by atoms with Gasteiger partial charge in [0.15, 0.2) is 0 Å². The molecule has 0 fully saturated rings. The molecule has 0 radical (unpaired) electrons. The van der Waals surface area contributed by atoms with E-state index in [1.54, 1.807) is 6.20 Å². The number of nitrogens with two attached hydrogens (primary N) is 1. The van der Waals surface area contributed by atoms with Gasteiger partial charge in [-0.1, -0.05) is 30.3 Å². The van der Waals surface area contributed by atoms with Crippen molar-refractivity contribution in [2.24, 2.45) is 5.73 Å². The molecule has 3 rings (SSSR count). The van der Waals surface area contributed by atoms with E-state index < -0.39 is 0 Å². The lowest BCUT2D eigenvalue weighted by atomic mass is 10.1. The highest BCUT2D eigenvalue weighted by molar-refractivity contribution is 9.10. The first-order valence-electron chi connectivity index (χ1n) is 6.77. The van der Waals surface area contributed by atoms with Crippen LogP contribution in [0.2, 0.25) is 0 Å². The number of benzene rings is 2. The maximum atomic E-state index is 5.95. The van der Waals surface area contributed by atoms with Crippen LogP contribution in [0.15, 0.2) is 59.3 Å². The number of ether oxygens (including phenoxy) is 1. The number of fused-ring (bicyclic) bond motifs is 1. The largest absolute Gasteiger partial charge is 0.455 e. The monoisotopic (exact) mass is 342 g/mol. The number of pyridine rings is 1. The molecule has 0 spiro atoms. The second-order valence-corrected chi connectivity index (χ2v) is 5.56. The second-order valence-electron chi connectivity index (χ2n) is 4.77. The van der Waals surface area contributed by atoms with E-state index in [0.29, 0.717) is 6.54 Å². The van der Waals surface area contributed by atoms with Crippen molar-refractivity contribution in [2.45, 2.75) is 6.42 Å². The topological polar surface area (TPSA) is 48.1 Å². The Kier molecular flexibility index (Phi) is 4.18. The highest BCUT2D eigenvalue weighted by Crippen LogP contribution is 2.35. The van der Waals surface area contributed by atoms with Gasteiger partial charge in [0.1, 0.15) is 11.5 Å². The van der Waals surface area contributed by atoms with Crippen LogP contribution in [0.25, 0.3) is 10.8 Å². The van der Waals surface area contributed by atoms with Gasteiger partial charge in [-0.15, -0.1) is 0 Å². The zero-order valence-corrected chi connectivity index (χ0v) is 13.0. The van der Waals surface area contributed by atoms with E-state index >= 15 is 0 Å². The smallest absolute Gasteiger partial charge is 0.146 e. The van der Waals surface area contributed by atoms with Crippen LogP contribution in [-0.4, -0.2) is 11.5 Å². The van der Waals surface area contributed by atoms with E-state index in [0.717, 1.165) is 33.3 Å². The summed E-state index contributed by atoms with van der Waals surface area (Å²) in [5, 5.41) is 2.30. The third kappa shape index (κ3) is 3.06. The Bertz CT molecular complexity index is 774. The number of nitrogens with zero attached hydrogens (tertiary/aromatic N) is 1. The molecule has 4 heteroatoms. The average molecular weight is 343 g/mol. The van der Waals surface area contributed by atoms with Gasteiger partial charge in [-0.2, -0.15) is 0 Å². The van der Waals surface area contributed by atoms with Crippen LogP contribution in [0.5, 0.6) is 11.5 Å².